The number of carbonyl (C=O) groups is 1. The summed E-state index contributed by atoms with van der Waals surface area (Å²) >= 11 is 0. The van der Waals surface area contributed by atoms with Crippen LogP contribution >= 0.6 is 0 Å². The number of nitrogens with two attached hydrogens (primary N) is 1. The number of nitrogen functional groups attached to an aromatic ring is 1. The number of rotatable bonds is 3. The molecule has 1 heterocycles. The van der Waals surface area contributed by atoms with Crippen LogP contribution in [-0.4, -0.2) is 17.6 Å². The van der Waals surface area contributed by atoms with Crippen LogP contribution in [0.3, 0.4) is 0 Å². The van der Waals surface area contributed by atoms with Gasteiger partial charge in [0.15, 0.2) is 5.69 Å². The Kier molecular flexibility index (Phi) is 3.99. The number of aromatic nitrogens is 1. The molecular weight excluding hydrogens is 266 g/mol. The Morgan fingerprint density at radius 1 is 1.33 bits per heavy atom. The first kappa shape index (κ1) is 14.7. The van der Waals surface area contributed by atoms with Crippen molar-refractivity contribution in [3.8, 4) is 11.8 Å². The highest BCUT2D eigenvalue weighted by Gasteiger charge is 2.21. The van der Waals surface area contributed by atoms with Crippen molar-refractivity contribution in [1.82, 2.24) is 4.57 Å². The topological polar surface area (TPSA) is 81.0 Å². The third kappa shape index (κ3) is 2.61. The standard InChI is InChI=1S/C16H17N3O2/c1-10(2)11-4-6-13(7-5-11)19-9-12(8-17)14(18)15(19)16(20)21-3/h4-7,9-10H,18H2,1-3H3. The van der Waals surface area contributed by atoms with Gasteiger partial charge in [0.25, 0.3) is 0 Å². The summed E-state index contributed by atoms with van der Waals surface area (Å²) < 4.78 is 6.34. The van der Waals surface area contributed by atoms with E-state index in [0.717, 1.165) is 5.69 Å². The Morgan fingerprint density at radius 2 is 1.95 bits per heavy atom. The Morgan fingerprint density at radius 3 is 2.43 bits per heavy atom. The van der Waals surface area contributed by atoms with E-state index in [1.54, 1.807) is 10.8 Å². The van der Waals surface area contributed by atoms with Crippen molar-refractivity contribution in [3.05, 3.63) is 47.3 Å². The maximum Gasteiger partial charge on any atom is 0.357 e. The zero-order valence-corrected chi connectivity index (χ0v) is 12.3. The summed E-state index contributed by atoms with van der Waals surface area (Å²) in [5.41, 5.74) is 8.38. The highest BCUT2D eigenvalue weighted by Crippen LogP contribution is 2.25. The quantitative estimate of drug-likeness (QED) is 0.878. The van der Waals surface area contributed by atoms with Gasteiger partial charge in [-0.1, -0.05) is 26.0 Å². The third-order valence-electron chi connectivity index (χ3n) is 3.38. The number of esters is 1. The summed E-state index contributed by atoms with van der Waals surface area (Å²) in [5, 5.41) is 9.08. The monoisotopic (exact) mass is 283 g/mol. The van der Waals surface area contributed by atoms with Crippen LogP contribution in [-0.2, 0) is 4.74 Å². The molecule has 0 bridgehead atoms. The minimum absolute atomic E-state index is 0.136. The number of anilines is 1. The van der Waals surface area contributed by atoms with Gasteiger partial charge in [-0.25, -0.2) is 4.79 Å². The van der Waals surface area contributed by atoms with E-state index in [9.17, 15) is 4.79 Å². The van der Waals surface area contributed by atoms with Crippen LogP contribution in [0, 0.1) is 11.3 Å². The van der Waals surface area contributed by atoms with Gasteiger partial charge >= 0.3 is 5.97 Å². The summed E-state index contributed by atoms with van der Waals surface area (Å²) in [4.78, 5) is 11.9. The molecule has 0 fully saturated rings. The van der Waals surface area contributed by atoms with Crippen molar-refractivity contribution >= 4 is 11.7 Å². The van der Waals surface area contributed by atoms with E-state index in [-0.39, 0.29) is 16.9 Å². The smallest absolute Gasteiger partial charge is 0.357 e. The van der Waals surface area contributed by atoms with E-state index < -0.39 is 5.97 Å². The van der Waals surface area contributed by atoms with Crippen LogP contribution in [0.2, 0.25) is 0 Å². The molecule has 0 aliphatic heterocycles. The number of hydrogen-bond acceptors (Lipinski definition) is 4. The molecule has 108 valence electrons. The first-order chi connectivity index (χ1) is 9.99. The van der Waals surface area contributed by atoms with Crippen LogP contribution < -0.4 is 5.73 Å². The molecule has 0 aliphatic rings. The minimum Gasteiger partial charge on any atom is -0.464 e. The van der Waals surface area contributed by atoms with E-state index in [0.29, 0.717) is 5.92 Å². The van der Waals surface area contributed by atoms with E-state index in [2.05, 4.69) is 13.8 Å². The second-order valence-corrected chi connectivity index (χ2v) is 5.02. The second kappa shape index (κ2) is 5.71. The van der Waals surface area contributed by atoms with E-state index in [4.69, 9.17) is 15.7 Å². The maximum absolute atomic E-state index is 11.9. The highest BCUT2D eigenvalue weighted by molar-refractivity contribution is 5.95. The molecular formula is C16H17N3O2. The van der Waals surface area contributed by atoms with E-state index in [1.165, 1.54) is 12.7 Å². The normalized spacial score (nSPS) is 10.4. The fourth-order valence-electron chi connectivity index (χ4n) is 2.14. The number of benzene rings is 1. The molecule has 0 radical (unpaired) electrons. The molecule has 0 spiro atoms. The maximum atomic E-state index is 11.9. The zero-order chi connectivity index (χ0) is 15.6. The van der Waals surface area contributed by atoms with Gasteiger partial charge in [-0.3, -0.25) is 0 Å². The summed E-state index contributed by atoms with van der Waals surface area (Å²) in [6.07, 6.45) is 1.55. The summed E-state index contributed by atoms with van der Waals surface area (Å²) in [6, 6.07) is 9.74. The lowest BCUT2D eigenvalue weighted by atomic mass is 10.0. The van der Waals surface area contributed by atoms with Crippen LogP contribution in [0.4, 0.5) is 5.69 Å². The van der Waals surface area contributed by atoms with Gasteiger partial charge in [0.2, 0.25) is 0 Å². The molecule has 1 aromatic heterocycles. The van der Waals surface area contributed by atoms with Crippen molar-refractivity contribution < 1.29 is 9.53 Å². The Balaban J connectivity index is 2.58. The third-order valence-corrected chi connectivity index (χ3v) is 3.38. The SMILES string of the molecule is COC(=O)c1c(N)c(C#N)cn1-c1ccc(C(C)C)cc1. The molecule has 2 N–H and O–H groups in total. The first-order valence-corrected chi connectivity index (χ1v) is 6.59. The Labute approximate surface area is 123 Å². The Hall–Kier alpha value is -2.74. The molecule has 5 nitrogen and oxygen atoms in total. The first-order valence-electron chi connectivity index (χ1n) is 6.59. The van der Waals surface area contributed by atoms with Gasteiger partial charge in [0.1, 0.15) is 6.07 Å². The number of nitrogens with zero attached hydrogens (tertiary/aromatic N) is 2. The molecule has 1 aromatic carbocycles. The molecule has 0 aliphatic carbocycles. The molecule has 2 aromatic rings. The largest absolute Gasteiger partial charge is 0.464 e. The van der Waals surface area contributed by atoms with Gasteiger partial charge in [-0.15, -0.1) is 0 Å². The van der Waals surface area contributed by atoms with Gasteiger partial charge in [0, 0.05) is 11.9 Å². The summed E-state index contributed by atoms with van der Waals surface area (Å²) in [7, 11) is 1.28. The van der Waals surface area contributed by atoms with Crippen LogP contribution in [0.25, 0.3) is 5.69 Å². The number of methoxy groups -OCH3 is 1. The lowest BCUT2D eigenvalue weighted by Gasteiger charge is -2.10. The second-order valence-electron chi connectivity index (χ2n) is 5.02. The number of carbonyl (C=O) groups excluding carboxylic acids is 1. The average molecular weight is 283 g/mol. The van der Waals surface area contributed by atoms with E-state index in [1.807, 2.05) is 30.3 Å². The molecule has 0 unspecified atom stereocenters. The van der Waals surface area contributed by atoms with Gasteiger partial charge in [0.05, 0.1) is 18.4 Å². The fourth-order valence-corrected chi connectivity index (χ4v) is 2.14. The molecule has 0 amide bonds. The lowest BCUT2D eigenvalue weighted by molar-refractivity contribution is 0.0593. The average Bonchev–Trinajstić information content (AvgIpc) is 2.83. The highest BCUT2D eigenvalue weighted by atomic mass is 16.5. The van der Waals surface area contributed by atoms with Gasteiger partial charge in [-0.05, 0) is 23.6 Å². The fraction of sp³-hybridized carbons (Fsp3) is 0.250. The summed E-state index contributed by atoms with van der Waals surface area (Å²) in [5.74, 6) is -0.148. The van der Waals surface area contributed by atoms with Crippen molar-refractivity contribution in [1.29, 1.82) is 5.26 Å². The van der Waals surface area contributed by atoms with Crippen molar-refractivity contribution in [2.24, 2.45) is 0 Å². The van der Waals surface area contributed by atoms with Crippen molar-refractivity contribution in [2.75, 3.05) is 12.8 Å². The van der Waals surface area contributed by atoms with E-state index >= 15 is 0 Å². The van der Waals surface area contributed by atoms with Gasteiger partial charge < -0.3 is 15.0 Å². The molecule has 21 heavy (non-hydrogen) atoms. The number of nitriles is 1. The molecule has 2 rings (SSSR count). The number of ether oxygens (including phenoxy) is 1. The van der Waals surface area contributed by atoms with Crippen LogP contribution in [0.15, 0.2) is 30.5 Å². The lowest BCUT2D eigenvalue weighted by Crippen LogP contribution is -2.11. The predicted octanol–water partition coefficient (Wildman–Crippen LogP) is 2.84. The molecule has 5 heteroatoms. The van der Waals surface area contributed by atoms with Crippen LogP contribution in [0.1, 0.15) is 41.4 Å². The Bertz CT molecular complexity index is 706. The predicted molar refractivity (Wildman–Crippen MR) is 80.3 cm³/mol. The van der Waals surface area contributed by atoms with Crippen molar-refractivity contribution in [2.45, 2.75) is 19.8 Å². The molecule has 0 saturated carbocycles. The van der Waals surface area contributed by atoms with Gasteiger partial charge in [-0.2, -0.15) is 5.26 Å². The van der Waals surface area contributed by atoms with Crippen molar-refractivity contribution in [3.63, 3.8) is 0 Å². The van der Waals surface area contributed by atoms with Crippen LogP contribution in [0.5, 0.6) is 0 Å². The minimum atomic E-state index is -0.568. The number of hydrogen-bond donors (Lipinski definition) is 1. The zero-order valence-electron chi connectivity index (χ0n) is 12.3. The molecule has 0 atom stereocenters. The summed E-state index contributed by atoms with van der Waals surface area (Å²) in [6.45, 7) is 4.21. The molecule has 0 saturated heterocycles.